The monoisotopic (exact) mass is 186 g/mol. The van der Waals surface area contributed by atoms with Crippen LogP contribution in [0.3, 0.4) is 0 Å². The van der Waals surface area contributed by atoms with Crippen LogP contribution in [-0.2, 0) is 19.2 Å². The molecule has 0 aliphatic rings. The van der Waals surface area contributed by atoms with Crippen LogP contribution in [0, 0.1) is 0 Å². The summed E-state index contributed by atoms with van der Waals surface area (Å²) in [6.45, 7) is 5.46. The van der Waals surface area contributed by atoms with Crippen LogP contribution in [0.2, 0.25) is 0 Å². The van der Waals surface area contributed by atoms with Gasteiger partial charge in [-0.1, -0.05) is 6.92 Å². The third kappa shape index (κ3) is 10.7. The van der Waals surface area contributed by atoms with E-state index >= 15 is 0 Å². The number of hydrogen-bond donors (Lipinski definition) is 0. The van der Waals surface area contributed by atoms with E-state index in [1.807, 2.05) is 0 Å². The molecule has 0 spiro atoms. The molecule has 74 valence electrons. The third-order valence-corrected chi connectivity index (χ3v) is 1.21. The van der Waals surface area contributed by atoms with Gasteiger partial charge >= 0.3 is 0 Å². The smallest absolute Gasteiger partial charge is 0.197 e. The Bertz CT molecular complexity index is 216. The maximum Gasteiger partial charge on any atom is 0.197 e. The molecular formula is C9H14O4. The molecule has 0 aromatic carbocycles. The van der Waals surface area contributed by atoms with Crippen LogP contribution < -0.4 is 0 Å². The largest absolute Gasteiger partial charge is 0.291 e. The van der Waals surface area contributed by atoms with Crippen molar-refractivity contribution in [2.24, 2.45) is 0 Å². The van der Waals surface area contributed by atoms with Crippen molar-refractivity contribution in [1.82, 2.24) is 0 Å². The zero-order chi connectivity index (χ0) is 11.0. The molecule has 0 radical (unpaired) electrons. The van der Waals surface area contributed by atoms with Crippen LogP contribution >= 0.6 is 0 Å². The minimum absolute atomic E-state index is 0.292. The van der Waals surface area contributed by atoms with Gasteiger partial charge in [-0.3, -0.25) is 19.2 Å². The van der Waals surface area contributed by atoms with Crippen LogP contribution in [0.15, 0.2) is 0 Å². The molecule has 0 atom stereocenters. The highest BCUT2D eigenvalue weighted by atomic mass is 16.2. The van der Waals surface area contributed by atoms with Crippen LogP contribution in [0.25, 0.3) is 0 Å². The highest BCUT2D eigenvalue weighted by molar-refractivity contribution is 6.36. The van der Waals surface area contributed by atoms with Crippen molar-refractivity contribution < 1.29 is 19.2 Å². The summed E-state index contributed by atoms with van der Waals surface area (Å²) in [6.07, 6.45) is 0.329. The molecular weight excluding hydrogens is 172 g/mol. The van der Waals surface area contributed by atoms with Gasteiger partial charge in [-0.2, -0.15) is 0 Å². The van der Waals surface area contributed by atoms with Gasteiger partial charge < -0.3 is 0 Å². The van der Waals surface area contributed by atoms with Crippen LogP contribution in [0.5, 0.6) is 0 Å². The van der Waals surface area contributed by atoms with Crippen molar-refractivity contribution in [3.63, 3.8) is 0 Å². The van der Waals surface area contributed by atoms with Crippen molar-refractivity contribution in [3.8, 4) is 0 Å². The van der Waals surface area contributed by atoms with E-state index in [1.165, 1.54) is 20.8 Å². The maximum atomic E-state index is 10.2. The van der Waals surface area contributed by atoms with Gasteiger partial charge in [-0.15, -0.1) is 0 Å². The van der Waals surface area contributed by atoms with Gasteiger partial charge in [-0.05, 0) is 0 Å². The normalized spacial score (nSPS) is 8.00. The van der Waals surface area contributed by atoms with E-state index in [1.54, 1.807) is 6.92 Å². The molecule has 4 heteroatoms. The first-order chi connectivity index (χ1) is 5.82. The molecule has 0 unspecified atom stereocenters. The molecule has 0 saturated heterocycles. The number of rotatable bonds is 3. The predicted molar refractivity (Wildman–Crippen MR) is 47.3 cm³/mol. The van der Waals surface area contributed by atoms with E-state index in [-0.39, 0.29) is 23.1 Å². The zero-order valence-corrected chi connectivity index (χ0v) is 8.34. The molecule has 0 aliphatic heterocycles. The van der Waals surface area contributed by atoms with Crippen molar-refractivity contribution in [1.29, 1.82) is 0 Å². The second-order valence-electron chi connectivity index (χ2n) is 2.45. The van der Waals surface area contributed by atoms with Gasteiger partial charge in [0.2, 0.25) is 0 Å². The van der Waals surface area contributed by atoms with Gasteiger partial charge in [0.15, 0.2) is 23.1 Å². The Kier molecular flexibility index (Phi) is 8.02. The average Bonchev–Trinajstić information content (AvgIpc) is 2.03. The lowest BCUT2D eigenvalue weighted by atomic mass is 10.2. The minimum Gasteiger partial charge on any atom is -0.291 e. The summed E-state index contributed by atoms with van der Waals surface area (Å²) in [5.41, 5.74) is 0. The number of carbonyl (C=O) groups excluding carboxylic acids is 4. The Hall–Kier alpha value is -1.32. The van der Waals surface area contributed by atoms with Gasteiger partial charge in [0.1, 0.15) is 0 Å². The molecule has 0 fully saturated rings. The van der Waals surface area contributed by atoms with Gasteiger partial charge in [0.25, 0.3) is 0 Å². The fourth-order valence-electron chi connectivity index (χ4n) is 0.249. The Morgan fingerprint density at radius 2 is 1.08 bits per heavy atom. The summed E-state index contributed by atoms with van der Waals surface area (Å²) in [6, 6.07) is 0. The molecule has 0 bridgehead atoms. The van der Waals surface area contributed by atoms with Gasteiger partial charge in [0, 0.05) is 27.2 Å². The lowest BCUT2D eigenvalue weighted by molar-refractivity contribution is -0.135. The van der Waals surface area contributed by atoms with E-state index in [9.17, 15) is 19.2 Å². The fourth-order valence-corrected chi connectivity index (χ4v) is 0.249. The molecule has 0 N–H and O–H groups in total. The van der Waals surface area contributed by atoms with Crippen molar-refractivity contribution in [2.75, 3.05) is 0 Å². The zero-order valence-electron chi connectivity index (χ0n) is 8.34. The summed E-state index contributed by atoms with van der Waals surface area (Å²) in [5, 5.41) is 0. The minimum atomic E-state index is -0.380. The summed E-state index contributed by atoms with van der Waals surface area (Å²) in [5.74, 6) is -1.40. The Morgan fingerprint density at radius 3 is 1.08 bits per heavy atom. The molecule has 0 aromatic heterocycles. The van der Waals surface area contributed by atoms with Crippen molar-refractivity contribution in [3.05, 3.63) is 0 Å². The number of ketones is 4. The molecule has 0 rings (SSSR count). The quantitative estimate of drug-likeness (QED) is 0.609. The average molecular weight is 186 g/mol. The molecule has 0 saturated carbocycles. The van der Waals surface area contributed by atoms with Crippen LogP contribution in [0.1, 0.15) is 34.1 Å². The van der Waals surface area contributed by atoms with E-state index in [0.29, 0.717) is 6.42 Å². The third-order valence-electron chi connectivity index (χ3n) is 1.21. The summed E-state index contributed by atoms with van der Waals surface area (Å²) in [4.78, 5) is 39.8. The first-order valence-electron chi connectivity index (χ1n) is 3.88. The Morgan fingerprint density at radius 1 is 0.769 bits per heavy atom. The summed E-state index contributed by atoms with van der Waals surface area (Å²) < 4.78 is 0. The van der Waals surface area contributed by atoms with Gasteiger partial charge in [-0.25, -0.2) is 0 Å². The highest BCUT2D eigenvalue weighted by Gasteiger charge is 2.00. The maximum absolute atomic E-state index is 10.2. The number of Topliss-reactive ketones (excluding diaryl/α,β-unsaturated/α-hetero) is 4. The van der Waals surface area contributed by atoms with Crippen LogP contribution in [-0.4, -0.2) is 23.1 Å². The number of carbonyl (C=O) groups is 4. The molecule has 0 heterocycles. The van der Waals surface area contributed by atoms with Gasteiger partial charge in [0.05, 0.1) is 0 Å². The molecule has 0 aromatic rings. The summed E-state index contributed by atoms with van der Waals surface area (Å²) in [7, 11) is 0. The second-order valence-corrected chi connectivity index (χ2v) is 2.45. The SMILES string of the molecule is CC(=O)C(C)=O.CCC(=O)C(C)=O. The first kappa shape index (κ1) is 14.2. The standard InChI is InChI=1S/C5H8O2.C4H6O2/c1-3-5(7)4(2)6;1-3(5)4(2)6/h3H2,1-2H3;1-2H3. The van der Waals surface area contributed by atoms with Crippen molar-refractivity contribution >= 4 is 23.1 Å². The van der Waals surface area contributed by atoms with E-state index < -0.39 is 0 Å². The lowest BCUT2D eigenvalue weighted by Crippen LogP contribution is -2.06. The highest BCUT2D eigenvalue weighted by Crippen LogP contribution is 1.79. The summed E-state index contributed by atoms with van der Waals surface area (Å²) >= 11 is 0. The van der Waals surface area contributed by atoms with Crippen LogP contribution in [0.4, 0.5) is 0 Å². The topological polar surface area (TPSA) is 68.3 Å². The molecule has 0 aliphatic carbocycles. The Labute approximate surface area is 77.3 Å². The number of hydrogen-bond acceptors (Lipinski definition) is 4. The predicted octanol–water partition coefficient (Wildman–Crippen LogP) is 0.719. The first-order valence-corrected chi connectivity index (χ1v) is 3.88. The van der Waals surface area contributed by atoms with Crippen molar-refractivity contribution in [2.45, 2.75) is 34.1 Å². The Balaban J connectivity index is 0. The molecule has 0 amide bonds. The van der Waals surface area contributed by atoms with E-state index in [0.717, 1.165) is 0 Å². The molecule has 4 nitrogen and oxygen atoms in total. The van der Waals surface area contributed by atoms with E-state index in [2.05, 4.69) is 0 Å². The second kappa shape index (κ2) is 7.34. The van der Waals surface area contributed by atoms with E-state index in [4.69, 9.17) is 0 Å². The molecule has 13 heavy (non-hydrogen) atoms. The fraction of sp³-hybridized carbons (Fsp3) is 0.556. The lowest BCUT2D eigenvalue weighted by Gasteiger charge is -1.81.